The molecule has 1 fully saturated rings. The van der Waals surface area contributed by atoms with Gasteiger partial charge in [0, 0.05) is 7.05 Å². The van der Waals surface area contributed by atoms with Crippen molar-refractivity contribution in [2.45, 2.75) is 13.8 Å². The predicted molar refractivity (Wildman–Crippen MR) is 107 cm³/mol. The summed E-state index contributed by atoms with van der Waals surface area (Å²) in [6, 6.07) is 12.0. The third-order valence-corrected chi connectivity index (χ3v) is 5.18. The number of hydrogen-bond donors (Lipinski definition) is 1. The quantitative estimate of drug-likeness (QED) is 0.699. The molecule has 2 heterocycles. The van der Waals surface area contributed by atoms with E-state index in [1.165, 1.54) is 17.3 Å². The normalized spacial score (nSPS) is 17.4. The molecule has 0 spiro atoms. The molecule has 1 saturated heterocycles. The number of aryl methyl sites for hydroxylation is 3. The molecule has 0 radical (unpaired) electrons. The average Bonchev–Trinajstić information content (AvgIpc) is 3.14. The molecule has 130 valence electrons. The monoisotopic (exact) mass is 362 g/mol. The van der Waals surface area contributed by atoms with Crippen LogP contribution in [0.25, 0.3) is 17.1 Å². The molecule has 1 N–H and O–H groups in total. The second-order valence-corrected chi connectivity index (χ2v) is 7.41. The Morgan fingerprint density at radius 1 is 1.19 bits per heavy atom. The minimum absolute atomic E-state index is 0.122. The van der Waals surface area contributed by atoms with E-state index in [9.17, 15) is 4.79 Å². The predicted octanol–water partition coefficient (Wildman–Crippen LogP) is 4.08. The van der Waals surface area contributed by atoms with Crippen LogP contribution in [0.4, 0.5) is 5.69 Å². The number of rotatable bonds is 2. The minimum Gasteiger partial charge on any atom is -0.334 e. The average molecular weight is 362 g/mol. The van der Waals surface area contributed by atoms with Gasteiger partial charge in [-0.3, -0.25) is 4.79 Å². The number of hydrogen-bond acceptors (Lipinski definition) is 4. The first-order chi connectivity index (χ1) is 12.5. The molecule has 6 heteroatoms. The second kappa shape index (κ2) is 6.46. The van der Waals surface area contributed by atoms with Gasteiger partial charge in [0.15, 0.2) is 5.17 Å². The molecule has 0 saturated carbocycles. The number of nitrogens with one attached hydrogen (secondary N) is 1. The molecule has 3 aromatic rings. The van der Waals surface area contributed by atoms with Crippen molar-refractivity contribution in [3.63, 3.8) is 0 Å². The van der Waals surface area contributed by atoms with Crippen LogP contribution in [0.5, 0.6) is 0 Å². The van der Waals surface area contributed by atoms with E-state index in [4.69, 9.17) is 0 Å². The first-order valence-electron chi connectivity index (χ1n) is 8.27. The molecular formula is C20H18N4OS. The van der Waals surface area contributed by atoms with E-state index in [0.717, 1.165) is 27.8 Å². The van der Waals surface area contributed by atoms with Crippen molar-refractivity contribution in [1.82, 2.24) is 14.9 Å². The summed E-state index contributed by atoms with van der Waals surface area (Å²) in [5.41, 5.74) is 6.09. The Kier molecular flexibility index (Phi) is 4.12. The summed E-state index contributed by atoms with van der Waals surface area (Å²) in [6.45, 7) is 4.07. The summed E-state index contributed by atoms with van der Waals surface area (Å²) in [5.74, 6) is -0.122. The number of aliphatic imine (C=N–C) groups is 1. The van der Waals surface area contributed by atoms with Crippen LogP contribution in [0, 0.1) is 13.8 Å². The van der Waals surface area contributed by atoms with E-state index in [1.54, 1.807) is 6.33 Å². The number of nitrogens with zero attached hydrogens (tertiary/aromatic N) is 3. The molecule has 0 atom stereocenters. The van der Waals surface area contributed by atoms with Crippen molar-refractivity contribution in [1.29, 1.82) is 0 Å². The number of thioether (sulfide) groups is 1. The van der Waals surface area contributed by atoms with Crippen LogP contribution in [0.2, 0.25) is 0 Å². The third kappa shape index (κ3) is 3.15. The highest BCUT2D eigenvalue weighted by atomic mass is 32.2. The second-order valence-electron chi connectivity index (χ2n) is 6.38. The van der Waals surface area contributed by atoms with Crippen molar-refractivity contribution in [3.05, 3.63) is 64.3 Å². The summed E-state index contributed by atoms with van der Waals surface area (Å²) >= 11 is 1.36. The van der Waals surface area contributed by atoms with Crippen LogP contribution >= 0.6 is 11.8 Å². The fourth-order valence-electron chi connectivity index (χ4n) is 2.91. The maximum atomic E-state index is 12.3. The zero-order valence-electron chi connectivity index (χ0n) is 14.8. The van der Waals surface area contributed by atoms with Crippen molar-refractivity contribution >= 4 is 45.6 Å². The largest absolute Gasteiger partial charge is 0.334 e. The van der Waals surface area contributed by atoms with E-state index in [1.807, 2.05) is 54.9 Å². The summed E-state index contributed by atoms with van der Waals surface area (Å²) < 4.78 is 1.96. The third-order valence-electron chi connectivity index (χ3n) is 4.27. The Bertz CT molecular complexity index is 1090. The number of amides is 1. The van der Waals surface area contributed by atoms with E-state index < -0.39 is 0 Å². The van der Waals surface area contributed by atoms with Crippen LogP contribution in [-0.2, 0) is 11.8 Å². The molecule has 1 aromatic heterocycles. The maximum Gasteiger partial charge on any atom is 0.264 e. The molecular weight excluding hydrogens is 344 g/mol. The number of benzene rings is 2. The van der Waals surface area contributed by atoms with Gasteiger partial charge in [-0.2, -0.15) is 0 Å². The smallest absolute Gasteiger partial charge is 0.264 e. The molecule has 1 aliphatic rings. The van der Waals surface area contributed by atoms with Gasteiger partial charge in [0.05, 0.1) is 28.0 Å². The van der Waals surface area contributed by atoms with Gasteiger partial charge >= 0.3 is 0 Å². The molecule has 2 aromatic carbocycles. The number of carbonyl (C=O) groups is 1. The van der Waals surface area contributed by atoms with Gasteiger partial charge in [0.2, 0.25) is 0 Å². The fraction of sp³-hybridized carbons (Fsp3) is 0.150. The molecule has 26 heavy (non-hydrogen) atoms. The maximum absolute atomic E-state index is 12.3. The Balaban J connectivity index is 1.63. The Labute approximate surface area is 155 Å². The Morgan fingerprint density at radius 3 is 2.85 bits per heavy atom. The lowest BCUT2D eigenvalue weighted by Gasteiger charge is -2.02. The molecule has 1 aliphatic heterocycles. The summed E-state index contributed by atoms with van der Waals surface area (Å²) in [4.78, 5) is 21.8. The van der Waals surface area contributed by atoms with Crippen LogP contribution in [0.1, 0.15) is 16.7 Å². The summed E-state index contributed by atoms with van der Waals surface area (Å²) in [5, 5.41) is 3.45. The topological polar surface area (TPSA) is 59.3 Å². The van der Waals surface area contributed by atoms with Crippen LogP contribution in [0.3, 0.4) is 0 Å². The molecule has 0 bridgehead atoms. The van der Waals surface area contributed by atoms with Crippen molar-refractivity contribution < 1.29 is 4.79 Å². The molecule has 4 rings (SSSR count). The highest BCUT2D eigenvalue weighted by Crippen LogP contribution is 2.29. The van der Waals surface area contributed by atoms with Crippen molar-refractivity contribution in [3.8, 4) is 0 Å². The van der Waals surface area contributed by atoms with Gasteiger partial charge in [0.1, 0.15) is 0 Å². The first kappa shape index (κ1) is 16.6. The summed E-state index contributed by atoms with van der Waals surface area (Å²) in [7, 11) is 1.96. The number of amidine groups is 1. The van der Waals surface area contributed by atoms with Crippen LogP contribution in [-0.4, -0.2) is 20.6 Å². The molecule has 0 unspecified atom stereocenters. The van der Waals surface area contributed by atoms with E-state index in [2.05, 4.69) is 28.3 Å². The van der Waals surface area contributed by atoms with E-state index >= 15 is 0 Å². The SMILES string of the molecule is Cc1ccc(N=C2NC(=O)C(=Cc3ccc4ncn(C)c4c3)S2)c(C)c1. The molecule has 0 aliphatic carbocycles. The van der Waals surface area contributed by atoms with Gasteiger partial charge in [0.25, 0.3) is 5.91 Å². The van der Waals surface area contributed by atoms with Crippen LogP contribution in [0.15, 0.2) is 52.6 Å². The number of fused-ring (bicyclic) bond motifs is 1. The van der Waals surface area contributed by atoms with Crippen molar-refractivity contribution in [2.75, 3.05) is 0 Å². The lowest BCUT2D eigenvalue weighted by atomic mass is 10.1. The number of imidazole rings is 1. The zero-order chi connectivity index (χ0) is 18.3. The zero-order valence-corrected chi connectivity index (χ0v) is 15.6. The van der Waals surface area contributed by atoms with Gasteiger partial charge in [-0.05, 0) is 61.0 Å². The Hall–Kier alpha value is -2.86. The lowest BCUT2D eigenvalue weighted by molar-refractivity contribution is -0.115. The molecule has 5 nitrogen and oxygen atoms in total. The van der Waals surface area contributed by atoms with Crippen molar-refractivity contribution in [2.24, 2.45) is 12.0 Å². The van der Waals surface area contributed by atoms with Gasteiger partial charge < -0.3 is 9.88 Å². The highest BCUT2D eigenvalue weighted by Gasteiger charge is 2.24. The summed E-state index contributed by atoms with van der Waals surface area (Å²) in [6.07, 6.45) is 3.67. The van der Waals surface area contributed by atoms with Gasteiger partial charge in [-0.25, -0.2) is 9.98 Å². The minimum atomic E-state index is -0.122. The molecule has 1 amide bonds. The van der Waals surface area contributed by atoms with Crippen LogP contribution < -0.4 is 5.32 Å². The van der Waals surface area contributed by atoms with E-state index in [0.29, 0.717) is 10.1 Å². The fourth-order valence-corrected chi connectivity index (χ4v) is 3.74. The van der Waals surface area contributed by atoms with E-state index in [-0.39, 0.29) is 5.91 Å². The highest BCUT2D eigenvalue weighted by molar-refractivity contribution is 8.18. The Morgan fingerprint density at radius 2 is 2.04 bits per heavy atom. The standard InChI is InChI=1S/C20H18N4OS/c1-12-4-6-15(13(2)8-12)22-20-23-19(25)18(26-20)10-14-5-7-16-17(9-14)24(3)11-21-16/h4-11H,1-3H3,(H,22,23,25). The van der Waals surface area contributed by atoms with Gasteiger partial charge in [-0.15, -0.1) is 0 Å². The number of carbonyl (C=O) groups excluding carboxylic acids is 1. The lowest BCUT2D eigenvalue weighted by Crippen LogP contribution is -2.19. The first-order valence-corrected chi connectivity index (χ1v) is 9.09. The van der Waals surface area contributed by atoms with Gasteiger partial charge in [-0.1, -0.05) is 23.8 Å². The number of aromatic nitrogens is 2.